The van der Waals surface area contributed by atoms with Crippen molar-refractivity contribution in [1.29, 1.82) is 0 Å². The molecule has 0 aromatic heterocycles. The Morgan fingerprint density at radius 3 is 2.36 bits per heavy atom. The highest BCUT2D eigenvalue weighted by molar-refractivity contribution is 5.69. The summed E-state index contributed by atoms with van der Waals surface area (Å²) in [6, 6.07) is 0. The van der Waals surface area contributed by atoms with Gasteiger partial charge in [-0.05, 0) is 5.92 Å². The molecule has 0 aromatic carbocycles. The van der Waals surface area contributed by atoms with Crippen molar-refractivity contribution in [3.8, 4) is 0 Å². The quantitative estimate of drug-likeness (QED) is 0.595. The number of hydrogen-bond acceptors (Lipinski definition) is 2. The Balaban J connectivity index is 3.38. The molecule has 0 unspecified atom stereocenters. The molecule has 0 atom stereocenters. The average Bonchev–Trinajstić information content (AvgIpc) is 1.82. The van der Waals surface area contributed by atoms with Crippen LogP contribution in [0.5, 0.6) is 0 Å². The second-order valence-electron chi connectivity index (χ2n) is 2.67. The smallest absolute Gasteiger partial charge is 0.306 e. The summed E-state index contributed by atoms with van der Waals surface area (Å²) in [7, 11) is 0. The van der Waals surface area contributed by atoms with Crippen LogP contribution >= 0.6 is 0 Å². The van der Waals surface area contributed by atoms with Crippen LogP contribution in [-0.4, -0.2) is 19.0 Å². The predicted molar refractivity (Wildman–Crippen MR) is 36.4 cm³/mol. The molecule has 0 spiro atoms. The van der Waals surface area contributed by atoms with Crippen molar-refractivity contribution in [3.05, 3.63) is 0 Å². The number of carbonyl (C=O) groups excluding carboxylic acids is 1. The molecule has 0 saturated carbocycles. The summed E-state index contributed by atoms with van der Waals surface area (Å²) >= 11 is 0. The molecule has 0 aliphatic carbocycles. The van der Waals surface area contributed by atoms with Crippen LogP contribution in [0.15, 0.2) is 0 Å². The lowest BCUT2D eigenvalue weighted by atomic mass is 10.1. The van der Waals surface area contributed by atoms with Crippen molar-refractivity contribution >= 4 is 5.97 Å². The van der Waals surface area contributed by atoms with Gasteiger partial charge in [-0.2, -0.15) is 0 Å². The molecule has 2 nitrogen and oxygen atoms in total. The third-order valence-electron chi connectivity index (χ3n) is 0.945. The number of esters is 1. The molecule has 0 N–H and O–H groups in total. The van der Waals surface area contributed by atoms with Crippen molar-refractivity contribution in [3.63, 3.8) is 0 Å². The molecule has 0 amide bonds. The first-order chi connectivity index (χ1) is 5.02. The monoisotopic (exact) mass is 166 g/mol. The molecule has 0 bridgehead atoms. The zero-order valence-electron chi connectivity index (χ0n) is 6.64. The zero-order valence-corrected chi connectivity index (χ0v) is 6.64. The van der Waals surface area contributed by atoms with E-state index in [1.807, 2.05) is 13.8 Å². The SMILES string of the molecule is CC(C)CC(=O)OCC(F)F. The number of carbonyl (C=O) groups is 1. The van der Waals surface area contributed by atoms with Crippen LogP contribution in [0.3, 0.4) is 0 Å². The van der Waals surface area contributed by atoms with Gasteiger partial charge in [0.05, 0.1) is 0 Å². The van der Waals surface area contributed by atoms with E-state index >= 15 is 0 Å². The van der Waals surface area contributed by atoms with Gasteiger partial charge in [0.15, 0.2) is 6.61 Å². The second-order valence-corrected chi connectivity index (χ2v) is 2.67. The minimum atomic E-state index is -2.56. The highest BCUT2D eigenvalue weighted by atomic mass is 19.3. The van der Waals surface area contributed by atoms with E-state index in [2.05, 4.69) is 4.74 Å². The molecule has 0 aromatic rings. The fraction of sp³-hybridized carbons (Fsp3) is 0.857. The van der Waals surface area contributed by atoms with Crippen LogP contribution in [0.1, 0.15) is 20.3 Å². The molecule has 0 radical (unpaired) electrons. The fourth-order valence-electron chi connectivity index (χ4n) is 0.548. The van der Waals surface area contributed by atoms with E-state index in [1.54, 1.807) is 0 Å². The van der Waals surface area contributed by atoms with E-state index in [9.17, 15) is 13.6 Å². The maximum Gasteiger partial charge on any atom is 0.306 e. The maximum atomic E-state index is 11.5. The molecule has 4 heteroatoms. The summed E-state index contributed by atoms with van der Waals surface area (Å²) in [6.07, 6.45) is -2.36. The summed E-state index contributed by atoms with van der Waals surface area (Å²) in [4.78, 5) is 10.6. The summed E-state index contributed by atoms with van der Waals surface area (Å²) < 4.78 is 27.1. The van der Waals surface area contributed by atoms with E-state index in [0.717, 1.165) is 0 Å². The Morgan fingerprint density at radius 1 is 1.45 bits per heavy atom. The maximum absolute atomic E-state index is 11.5. The molecule has 0 fully saturated rings. The van der Waals surface area contributed by atoms with Crippen LogP contribution in [-0.2, 0) is 9.53 Å². The molecular weight excluding hydrogens is 154 g/mol. The van der Waals surface area contributed by atoms with Crippen LogP contribution in [0.2, 0.25) is 0 Å². The van der Waals surface area contributed by atoms with Crippen LogP contribution < -0.4 is 0 Å². The first-order valence-corrected chi connectivity index (χ1v) is 3.46. The molecule has 0 rings (SSSR count). The van der Waals surface area contributed by atoms with Gasteiger partial charge in [-0.1, -0.05) is 13.8 Å². The van der Waals surface area contributed by atoms with Gasteiger partial charge in [-0.15, -0.1) is 0 Å². The molecule has 11 heavy (non-hydrogen) atoms. The van der Waals surface area contributed by atoms with Gasteiger partial charge in [-0.25, -0.2) is 8.78 Å². The van der Waals surface area contributed by atoms with Crippen LogP contribution in [0.4, 0.5) is 8.78 Å². The summed E-state index contributed by atoms with van der Waals surface area (Å²) in [6.45, 7) is 2.86. The van der Waals surface area contributed by atoms with E-state index in [1.165, 1.54) is 0 Å². The summed E-state index contributed by atoms with van der Waals surface area (Å²) in [5, 5.41) is 0. The Kier molecular flexibility index (Phi) is 4.74. The van der Waals surface area contributed by atoms with Crippen molar-refractivity contribution < 1.29 is 18.3 Å². The molecule has 0 heterocycles. The first kappa shape index (κ1) is 10.3. The van der Waals surface area contributed by atoms with Gasteiger partial charge >= 0.3 is 5.97 Å². The van der Waals surface area contributed by atoms with Crippen molar-refractivity contribution in [1.82, 2.24) is 0 Å². The average molecular weight is 166 g/mol. The minimum absolute atomic E-state index is 0.153. The molecule has 0 aliphatic heterocycles. The third kappa shape index (κ3) is 7.22. The van der Waals surface area contributed by atoms with Crippen LogP contribution in [0.25, 0.3) is 0 Å². The van der Waals surface area contributed by atoms with Crippen LogP contribution in [0, 0.1) is 5.92 Å². The van der Waals surface area contributed by atoms with Crippen molar-refractivity contribution in [2.75, 3.05) is 6.61 Å². The lowest BCUT2D eigenvalue weighted by Crippen LogP contribution is -2.12. The minimum Gasteiger partial charge on any atom is -0.460 e. The largest absolute Gasteiger partial charge is 0.460 e. The topological polar surface area (TPSA) is 26.3 Å². The van der Waals surface area contributed by atoms with E-state index in [-0.39, 0.29) is 12.3 Å². The van der Waals surface area contributed by atoms with Gasteiger partial charge in [-0.3, -0.25) is 4.79 Å². The second kappa shape index (κ2) is 5.04. The Morgan fingerprint density at radius 2 is 2.00 bits per heavy atom. The van der Waals surface area contributed by atoms with Crippen molar-refractivity contribution in [2.24, 2.45) is 5.92 Å². The summed E-state index contributed by atoms with van der Waals surface area (Å²) in [5.41, 5.74) is 0. The molecule has 0 saturated heterocycles. The first-order valence-electron chi connectivity index (χ1n) is 3.46. The van der Waals surface area contributed by atoms with Gasteiger partial charge < -0.3 is 4.74 Å². The third-order valence-corrected chi connectivity index (χ3v) is 0.945. The number of alkyl halides is 2. The van der Waals surface area contributed by atoms with Gasteiger partial charge in [0.1, 0.15) is 0 Å². The normalized spacial score (nSPS) is 10.7. The number of hydrogen-bond donors (Lipinski definition) is 0. The molecule has 66 valence electrons. The number of ether oxygens (including phenoxy) is 1. The summed E-state index contributed by atoms with van der Waals surface area (Å²) in [5.74, 6) is -0.402. The molecular formula is C7H12F2O2. The van der Waals surface area contributed by atoms with E-state index in [4.69, 9.17) is 0 Å². The Bertz CT molecular complexity index is 124. The van der Waals surface area contributed by atoms with Gasteiger partial charge in [0.25, 0.3) is 6.43 Å². The van der Waals surface area contributed by atoms with E-state index < -0.39 is 19.0 Å². The standard InChI is InChI=1S/C7H12F2O2/c1-5(2)3-7(10)11-4-6(8)9/h5-6H,3-4H2,1-2H3. The van der Waals surface area contributed by atoms with Gasteiger partial charge in [0, 0.05) is 6.42 Å². The van der Waals surface area contributed by atoms with Gasteiger partial charge in [0.2, 0.25) is 0 Å². The van der Waals surface area contributed by atoms with E-state index in [0.29, 0.717) is 0 Å². The Labute approximate surface area is 64.5 Å². The molecule has 0 aliphatic rings. The highest BCUT2D eigenvalue weighted by Gasteiger charge is 2.09. The predicted octanol–water partition coefficient (Wildman–Crippen LogP) is 1.84. The highest BCUT2D eigenvalue weighted by Crippen LogP contribution is 2.02. The zero-order chi connectivity index (χ0) is 8.85. The lowest BCUT2D eigenvalue weighted by molar-refractivity contribution is -0.148. The number of rotatable bonds is 4. The Hall–Kier alpha value is -0.670. The lowest BCUT2D eigenvalue weighted by Gasteiger charge is -2.04. The van der Waals surface area contributed by atoms with Crippen molar-refractivity contribution in [2.45, 2.75) is 26.7 Å². The number of halogens is 2. The fourth-order valence-corrected chi connectivity index (χ4v) is 0.548.